The Morgan fingerprint density at radius 3 is 2.70 bits per heavy atom. The number of halogens is 2. The van der Waals surface area contributed by atoms with E-state index in [0.717, 1.165) is 5.69 Å². The molecular weight excluding hydrogens is 353 g/mol. The Labute approximate surface area is 150 Å². The van der Waals surface area contributed by atoms with E-state index in [4.69, 9.17) is 35.4 Å². The summed E-state index contributed by atoms with van der Waals surface area (Å²) >= 11 is 17.7. The molecule has 2 rings (SSSR count). The highest BCUT2D eigenvalue weighted by atomic mass is 35.5. The molecular formula is C15H17Cl2N5S. The SMILES string of the molecule is Cc1nn(-c2ccccc2Cl)c(Cl)c1/C=N\NC(=S)NC(C)C. The molecule has 0 aliphatic carbocycles. The van der Waals surface area contributed by atoms with E-state index in [1.807, 2.05) is 39.0 Å². The van der Waals surface area contributed by atoms with Gasteiger partial charge >= 0.3 is 0 Å². The standard InChI is InChI=1S/C15H17Cl2N5S/c1-9(2)19-15(23)20-18-8-11-10(3)21-22(14(11)17)13-7-5-4-6-12(13)16/h4-9H,1-3H3,(H2,19,20,23)/b18-8-. The fourth-order valence-corrected chi connectivity index (χ4v) is 2.71. The summed E-state index contributed by atoms with van der Waals surface area (Å²) in [4.78, 5) is 0. The molecule has 0 fully saturated rings. The first-order chi connectivity index (χ1) is 10.9. The Hall–Kier alpha value is -1.63. The minimum absolute atomic E-state index is 0.235. The number of aromatic nitrogens is 2. The number of hydrogen-bond donors (Lipinski definition) is 2. The van der Waals surface area contributed by atoms with Gasteiger partial charge in [-0.1, -0.05) is 35.3 Å². The van der Waals surface area contributed by atoms with E-state index in [1.54, 1.807) is 17.0 Å². The number of benzene rings is 1. The Bertz CT molecular complexity index is 739. The number of rotatable bonds is 4. The lowest BCUT2D eigenvalue weighted by Crippen LogP contribution is -2.36. The molecule has 8 heteroatoms. The summed E-state index contributed by atoms with van der Waals surface area (Å²) < 4.78 is 1.59. The summed E-state index contributed by atoms with van der Waals surface area (Å²) in [6, 6.07) is 7.60. The van der Waals surface area contributed by atoms with Gasteiger partial charge in [0.2, 0.25) is 0 Å². The van der Waals surface area contributed by atoms with Crippen molar-refractivity contribution in [2.75, 3.05) is 0 Å². The summed E-state index contributed by atoms with van der Waals surface area (Å²) in [5.74, 6) is 0. The van der Waals surface area contributed by atoms with E-state index in [-0.39, 0.29) is 6.04 Å². The first kappa shape index (κ1) is 17.7. The molecule has 2 aromatic rings. The molecule has 5 nitrogen and oxygen atoms in total. The highest BCUT2D eigenvalue weighted by molar-refractivity contribution is 7.80. The van der Waals surface area contributed by atoms with Gasteiger partial charge in [0.15, 0.2) is 5.11 Å². The largest absolute Gasteiger partial charge is 0.359 e. The van der Waals surface area contributed by atoms with Gasteiger partial charge in [-0.25, -0.2) is 4.68 Å². The second-order valence-electron chi connectivity index (χ2n) is 5.15. The third kappa shape index (κ3) is 4.43. The first-order valence-electron chi connectivity index (χ1n) is 6.99. The lowest BCUT2D eigenvalue weighted by atomic mass is 10.3. The van der Waals surface area contributed by atoms with Crippen molar-refractivity contribution in [3.8, 4) is 5.69 Å². The summed E-state index contributed by atoms with van der Waals surface area (Å²) in [6.45, 7) is 5.84. The van der Waals surface area contributed by atoms with Crippen molar-refractivity contribution in [1.82, 2.24) is 20.5 Å². The number of hydrazone groups is 1. The highest BCUT2D eigenvalue weighted by Gasteiger charge is 2.14. The van der Waals surface area contributed by atoms with Crippen LogP contribution in [-0.4, -0.2) is 27.1 Å². The molecule has 0 unspecified atom stereocenters. The Morgan fingerprint density at radius 1 is 1.35 bits per heavy atom. The van der Waals surface area contributed by atoms with Gasteiger partial charge in [-0.2, -0.15) is 10.2 Å². The fraction of sp³-hybridized carbons (Fsp3) is 0.267. The van der Waals surface area contributed by atoms with Crippen molar-refractivity contribution < 1.29 is 0 Å². The average Bonchev–Trinajstić information content (AvgIpc) is 2.75. The summed E-state index contributed by atoms with van der Waals surface area (Å²) in [5.41, 5.74) is 4.90. The first-order valence-corrected chi connectivity index (χ1v) is 8.16. The lowest BCUT2D eigenvalue weighted by molar-refractivity contribution is 0.720. The van der Waals surface area contributed by atoms with Crippen LogP contribution in [0.15, 0.2) is 29.4 Å². The van der Waals surface area contributed by atoms with Gasteiger partial charge in [-0.15, -0.1) is 0 Å². The van der Waals surface area contributed by atoms with Gasteiger partial charge in [0, 0.05) is 6.04 Å². The van der Waals surface area contributed by atoms with Crippen LogP contribution in [0.3, 0.4) is 0 Å². The molecule has 2 N–H and O–H groups in total. The smallest absolute Gasteiger partial charge is 0.187 e. The molecule has 0 saturated heterocycles. The molecule has 1 aromatic heterocycles. The average molecular weight is 370 g/mol. The molecule has 0 spiro atoms. The van der Waals surface area contributed by atoms with E-state index in [9.17, 15) is 0 Å². The molecule has 0 amide bonds. The zero-order chi connectivity index (χ0) is 17.0. The normalized spacial score (nSPS) is 11.2. The zero-order valence-corrected chi connectivity index (χ0v) is 15.3. The van der Waals surface area contributed by atoms with Gasteiger partial charge in [0.05, 0.1) is 28.2 Å². The maximum atomic E-state index is 6.41. The summed E-state index contributed by atoms with van der Waals surface area (Å²) in [7, 11) is 0. The van der Waals surface area contributed by atoms with Crippen LogP contribution < -0.4 is 10.7 Å². The Kier molecular flexibility index (Phi) is 5.98. The van der Waals surface area contributed by atoms with Crippen LogP contribution in [0.2, 0.25) is 10.2 Å². The number of thiocarbonyl (C=S) groups is 1. The van der Waals surface area contributed by atoms with E-state index in [1.165, 1.54) is 0 Å². The Morgan fingerprint density at radius 2 is 2.04 bits per heavy atom. The third-order valence-corrected chi connectivity index (χ3v) is 3.80. The molecule has 0 radical (unpaired) electrons. The van der Waals surface area contributed by atoms with Crippen molar-refractivity contribution in [3.05, 3.63) is 45.7 Å². The van der Waals surface area contributed by atoms with Crippen LogP contribution in [0, 0.1) is 6.92 Å². The predicted molar refractivity (Wildman–Crippen MR) is 99.9 cm³/mol. The van der Waals surface area contributed by atoms with Crippen molar-refractivity contribution in [2.24, 2.45) is 5.10 Å². The second kappa shape index (κ2) is 7.77. The molecule has 23 heavy (non-hydrogen) atoms. The summed E-state index contributed by atoms with van der Waals surface area (Å²) in [6.07, 6.45) is 1.59. The molecule has 0 bridgehead atoms. The van der Waals surface area contributed by atoms with E-state index in [2.05, 4.69) is 20.9 Å². The Balaban J connectivity index is 2.22. The molecule has 122 valence electrons. The van der Waals surface area contributed by atoms with E-state index >= 15 is 0 Å². The van der Waals surface area contributed by atoms with Gasteiger partial charge in [-0.05, 0) is 45.1 Å². The van der Waals surface area contributed by atoms with Crippen LogP contribution in [0.25, 0.3) is 5.69 Å². The molecule has 0 saturated carbocycles. The minimum atomic E-state index is 0.235. The highest BCUT2D eigenvalue weighted by Crippen LogP contribution is 2.26. The van der Waals surface area contributed by atoms with Gasteiger partial charge in [-0.3, -0.25) is 5.43 Å². The maximum Gasteiger partial charge on any atom is 0.187 e. The van der Waals surface area contributed by atoms with Crippen molar-refractivity contribution in [3.63, 3.8) is 0 Å². The van der Waals surface area contributed by atoms with E-state index < -0.39 is 0 Å². The van der Waals surface area contributed by atoms with Crippen molar-refractivity contribution in [1.29, 1.82) is 0 Å². The number of nitrogens with one attached hydrogen (secondary N) is 2. The molecule has 1 heterocycles. The monoisotopic (exact) mass is 369 g/mol. The quantitative estimate of drug-likeness (QED) is 0.490. The molecule has 0 aliphatic heterocycles. The number of nitrogens with zero attached hydrogens (tertiary/aromatic N) is 3. The number of para-hydroxylation sites is 1. The topological polar surface area (TPSA) is 54.2 Å². The second-order valence-corrected chi connectivity index (χ2v) is 6.32. The van der Waals surface area contributed by atoms with Crippen LogP contribution in [0.5, 0.6) is 0 Å². The number of hydrogen-bond acceptors (Lipinski definition) is 3. The van der Waals surface area contributed by atoms with Crippen LogP contribution in [0.1, 0.15) is 25.1 Å². The van der Waals surface area contributed by atoms with E-state index in [0.29, 0.717) is 26.5 Å². The van der Waals surface area contributed by atoms with Crippen LogP contribution in [-0.2, 0) is 0 Å². The molecule has 0 atom stereocenters. The van der Waals surface area contributed by atoms with Crippen LogP contribution >= 0.6 is 35.4 Å². The predicted octanol–water partition coefficient (Wildman–Crippen LogP) is 3.69. The van der Waals surface area contributed by atoms with Gasteiger partial charge < -0.3 is 5.32 Å². The third-order valence-electron chi connectivity index (χ3n) is 2.91. The fourth-order valence-electron chi connectivity index (χ4n) is 1.89. The maximum absolute atomic E-state index is 6.41. The number of aryl methyl sites for hydroxylation is 1. The van der Waals surface area contributed by atoms with Gasteiger partial charge in [0.25, 0.3) is 0 Å². The molecule has 0 aliphatic rings. The lowest BCUT2D eigenvalue weighted by Gasteiger charge is -2.09. The van der Waals surface area contributed by atoms with Crippen molar-refractivity contribution >= 4 is 46.7 Å². The van der Waals surface area contributed by atoms with Crippen LogP contribution in [0.4, 0.5) is 0 Å². The minimum Gasteiger partial charge on any atom is -0.359 e. The molecule has 1 aromatic carbocycles. The van der Waals surface area contributed by atoms with Gasteiger partial charge in [0.1, 0.15) is 5.15 Å². The van der Waals surface area contributed by atoms with Crippen molar-refractivity contribution in [2.45, 2.75) is 26.8 Å². The summed E-state index contributed by atoms with van der Waals surface area (Å²) in [5, 5.41) is 13.0. The zero-order valence-electron chi connectivity index (χ0n) is 13.0.